The van der Waals surface area contributed by atoms with Crippen LogP contribution < -0.4 is 14.2 Å². The van der Waals surface area contributed by atoms with E-state index in [0.717, 1.165) is 0 Å². The van der Waals surface area contributed by atoms with Gasteiger partial charge in [-0.25, -0.2) is 14.4 Å². The Morgan fingerprint density at radius 2 is 1.46 bits per heavy atom. The van der Waals surface area contributed by atoms with Gasteiger partial charge in [0.1, 0.15) is 47.3 Å². The summed E-state index contributed by atoms with van der Waals surface area (Å²) >= 11 is 0. The average Bonchev–Trinajstić information content (AvgIpc) is 2.26. The standard InChI is InChI=1S/C60H75NO18/c1-31(2)27-38-46(75-51(61(38)55(66)79-56(6,7)8)44-39(69-13)21-18-22-40(44)70-14)53(65)73-41-29-59(57(9,10)67)45(32(41)3)47(72-33(4)62)49-58(11)42(74-54(77-49)36-23-25-37(68-12)26-24-36)28-43-60(30-71-43,78-34(5)63)48(58)50(59)76-52(64)35-19-16-15-17-20-35/h15-26,31,38,41-43,46-51,54,67H,27-30H2,1-14H3/t38-,41-,42-,43+,46+,47+,48-,49-,50-,51?,54?,58+,59-,60-/m0/s1. The predicted molar refractivity (Wildman–Crippen MR) is 282 cm³/mol. The van der Waals surface area contributed by atoms with Gasteiger partial charge >= 0.3 is 30.0 Å². The van der Waals surface area contributed by atoms with Crippen LogP contribution in [0.4, 0.5) is 4.79 Å². The van der Waals surface area contributed by atoms with Gasteiger partial charge in [0.25, 0.3) is 0 Å². The number of esters is 4. The van der Waals surface area contributed by atoms with Gasteiger partial charge in [0.05, 0.1) is 68.1 Å². The molecule has 2 unspecified atom stereocenters. The molecular weight excluding hydrogens is 1020 g/mol. The minimum absolute atomic E-state index is 0.101. The van der Waals surface area contributed by atoms with Crippen LogP contribution in [-0.4, -0.2) is 133 Å². The maximum Gasteiger partial charge on any atom is 0.413 e. The first kappa shape index (κ1) is 57.4. The molecule has 1 amide bonds. The molecule has 9 rings (SSSR count). The number of ether oxygens (including phenoxy) is 12. The Kier molecular flexibility index (Phi) is 15.5. The minimum atomic E-state index is -1.96. The van der Waals surface area contributed by atoms with E-state index in [4.69, 9.17) is 56.8 Å². The predicted octanol–water partition coefficient (Wildman–Crippen LogP) is 8.53. The summed E-state index contributed by atoms with van der Waals surface area (Å²) in [5.74, 6) is -3.04. The van der Waals surface area contributed by atoms with Gasteiger partial charge in [0.15, 0.2) is 30.3 Å². The van der Waals surface area contributed by atoms with E-state index in [1.165, 1.54) is 33.0 Å². The Labute approximate surface area is 461 Å². The topological polar surface area (TPSA) is 220 Å². The molecule has 2 saturated carbocycles. The first-order valence-corrected chi connectivity index (χ1v) is 27.0. The second-order valence-electron chi connectivity index (χ2n) is 23.8. The summed E-state index contributed by atoms with van der Waals surface area (Å²) in [6.45, 7) is 18.2. The van der Waals surface area contributed by atoms with Gasteiger partial charge in [0.2, 0.25) is 0 Å². The summed E-state index contributed by atoms with van der Waals surface area (Å²) < 4.78 is 77.5. The molecule has 3 saturated heterocycles. The fourth-order valence-electron chi connectivity index (χ4n) is 13.6. The SMILES string of the molecule is COc1ccc(C2O[C@H]3C[C@H]4OC[C@@]4(OC(C)=O)[C@H]4[C@H](OC(=O)c5ccccc5)[C@]5(C(C)(C)O)C[C@H](OC(=O)[C@@H]6OC(c7c(OC)cccc7OC)N(C(=O)OC(C)(C)C)[C@H]6CC(C)C)C(C)=C5[C@@H](OC(C)=O)[C@H](O2)[C@]34C)cc1. The van der Waals surface area contributed by atoms with E-state index in [-0.39, 0.29) is 42.9 Å². The van der Waals surface area contributed by atoms with Crippen molar-refractivity contribution in [2.75, 3.05) is 27.9 Å². The van der Waals surface area contributed by atoms with Crippen LogP contribution in [0.1, 0.15) is 129 Å². The third-order valence-corrected chi connectivity index (χ3v) is 16.9. The number of carbonyl (C=O) groups is 5. The van der Waals surface area contributed by atoms with E-state index in [9.17, 15) is 19.5 Å². The number of aliphatic hydroxyl groups is 1. The summed E-state index contributed by atoms with van der Waals surface area (Å²) in [4.78, 5) is 74.2. The Bertz CT molecular complexity index is 2820. The van der Waals surface area contributed by atoms with E-state index >= 15 is 9.59 Å². The van der Waals surface area contributed by atoms with Gasteiger partial charge in [0, 0.05) is 37.7 Å². The zero-order chi connectivity index (χ0) is 57.3. The summed E-state index contributed by atoms with van der Waals surface area (Å²) in [7, 11) is 4.50. The molecule has 79 heavy (non-hydrogen) atoms. The van der Waals surface area contributed by atoms with Gasteiger partial charge in [-0.05, 0) is 101 Å². The van der Waals surface area contributed by atoms with Crippen molar-refractivity contribution in [2.24, 2.45) is 22.7 Å². The third kappa shape index (κ3) is 9.90. The van der Waals surface area contributed by atoms with Gasteiger partial charge in [-0.2, -0.15) is 0 Å². The molecule has 428 valence electrons. The number of methoxy groups -OCH3 is 3. The van der Waals surface area contributed by atoms with Crippen molar-refractivity contribution < 1.29 is 85.9 Å². The largest absolute Gasteiger partial charge is 0.497 e. The van der Waals surface area contributed by atoms with E-state index in [1.807, 2.05) is 20.8 Å². The molecule has 5 fully saturated rings. The summed E-state index contributed by atoms with van der Waals surface area (Å²) in [5, 5.41) is 13.4. The molecule has 0 aromatic heterocycles. The molecule has 14 atom stereocenters. The maximum absolute atomic E-state index is 15.6. The van der Waals surface area contributed by atoms with Crippen molar-refractivity contribution in [1.29, 1.82) is 0 Å². The number of fused-ring (bicyclic) bond motifs is 3. The van der Waals surface area contributed by atoms with Crippen molar-refractivity contribution in [3.63, 3.8) is 0 Å². The normalized spacial score (nSPS) is 32.8. The lowest BCUT2D eigenvalue weighted by Gasteiger charge is -2.67. The molecule has 19 heteroatoms. The van der Waals surface area contributed by atoms with Crippen LogP contribution in [0.5, 0.6) is 17.2 Å². The summed E-state index contributed by atoms with van der Waals surface area (Å²) in [6, 6.07) is 19.6. The molecule has 3 aliphatic carbocycles. The summed E-state index contributed by atoms with van der Waals surface area (Å²) in [6.07, 6.45) is -11.5. The molecule has 3 aliphatic heterocycles. The van der Waals surface area contributed by atoms with Gasteiger partial charge in [-0.1, -0.05) is 57.2 Å². The Balaban J connectivity index is 1.25. The highest BCUT2D eigenvalue weighted by molar-refractivity contribution is 5.89. The molecule has 1 N–H and O–H groups in total. The molecule has 0 radical (unpaired) electrons. The smallest absolute Gasteiger partial charge is 0.413 e. The van der Waals surface area contributed by atoms with Crippen LogP contribution in [0, 0.1) is 22.7 Å². The van der Waals surface area contributed by atoms with Crippen LogP contribution in [0.15, 0.2) is 83.9 Å². The molecule has 3 aromatic carbocycles. The van der Waals surface area contributed by atoms with Crippen molar-refractivity contribution in [3.05, 3.63) is 101 Å². The Hall–Kier alpha value is -6.25. The molecule has 19 nitrogen and oxygen atoms in total. The highest BCUT2D eigenvalue weighted by Crippen LogP contribution is 2.70. The lowest BCUT2D eigenvalue weighted by molar-refractivity contribution is -0.401. The lowest BCUT2D eigenvalue weighted by Crippen LogP contribution is -2.80. The quantitative estimate of drug-likeness (QED) is 0.0908. The second kappa shape index (κ2) is 21.3. The molecule has 0 bridgehead atoms. The fraction of sp³-hybridized carbons (Fsp3) is 0.583. The van der Waals surface area contributed by atoms with Crippen LogP contribution in [-0.2, 0) is 57.0 Å². The van der Waals surface area contributed by atoms with Gasteiger partial charge in [-0.3, -0.25) is 14.5 Å². The van der Waals surface area contributed by atoms with Crippen molar-refractivity contribution >= 4 is 30.0 Å². The van der Waals surface area contributed by atoms with Crippen molar-refractivity contribution in [1.82, 2.24) is 4.90 Å². The number of hydrogen-bond donors (Lipinski definition) is 1. The third-order valence-electron chi connectivity index (χ3n) is 16.9. The molecule has 6 aliphatic rings. The molecular formula is C60H75NO18. The first-order chi connectivity index (χ1) is 37.2. The fourth-order valence-corrected chi connectivity index (χ4v) is 13.6. The Morgan fingerprint density at radius 3 is 2.00 bits per heavy atom. The summed E-state index contributed by atoms with van der Waals surface area (Å²) in [5.41, 5.74) is -6.00. The van der Waals surface area contributed by atoms with E-state index in [0.29, 0.717) is 33.9 Å². The molecule has 0 spiro atoms. The second-order valence-corrected chi connectivity index (χ2v) is 23.8. The number of amides is 1. The monoisotopic (exact) mass is 1100 g/mol. The van der Waals surface area contributed by atoms with E-state index < -0.39 is 125 Å². The Morgan fingerprint density at radius 1 is 0.797 bits per heavy atom. The first-order valence-electron chi connectivity index (χ1n) is 27.0. The van der Waals surface area contributed by atoms with Crippen LogP contribution in [0.3, 0.4) is 0 Å². The zero-order valence-electron chi connectivity index (χ0n) is 47.5. The molecule has 3 heterocycles. The van der Waals surface area contributed by atoms with Gasteiger partial charge in [-0.15, -0.1) is 0 Å². The van der Waals surface area contributed by atoms with Crippen molar-refractivity contribution in [3.8, 4) is 17.2 Å². The maximum atomic E-state index is 15.6. The zero-order valence-corrected chi connectivity index (χ0v) is 47.5. The number of hydrogen-bond acceptors (Lipinski definition) is 18. The van der Waals surface area contributed by atoms with Gasteiger partial charge < -0.3 is 61.9 Å². The van der Waals surface area contributed by atoms with E-state index in [1.54, 1.807) is 121 Å². The minimum Gasteiger partial charge on any atom is -0.497 e. The highest BCUT2D eigenvalue weighted by atomic mass is 16.7. The van der Waals surface area contributed by atoms with E-state index in [2.05, 4.69) is 0 Å². The lowest BCUT2D eigenvalue weighted by atomic mass is 9.49. The van der Waals surface area contributed by atoms with Crippen LogP contribution in [0.2, 0.25) is 0 Å². The van der Waals surface area contributed by atoms with Crippen molar-refractivity contribution in [2.45, 2.75) is 174 Å². The number of carbonyl (C=O) groups excluding carboxylic acids is 5. The average molecular weight is 1100 g/mol. The van der Waals surface area contributed by atoms with Crippen LogP contribution >= 0.6 is 0 Å². The number of benzene rings is 3. The molecule has 3 aromatic rings. The highest BCUT2D eigenvalue weighted by Gasteiger charge is 2.81. The van der Waals surface area contributed by atoms with Crippen LogP contribution in [0.25, 0.3) is 0 Å². The number of rotatable bonds is 14. The number of nitrogens with zero attached hydrogens (tertiary/aromatic N) is 1.